The lowest BCUT2D eigenvalue weighted by Crippen LogP contribution is -2.46. The van der Waals surface area contributed by atoms with E-state index < -0.39 is 0 Å². The number of likely N-dealkylation sites (tertiary alicyclic amines) is 2. The quantitative estimate of drug-likeness (QED) is 0.810. The van der Waals surface area contributed by atoms with Crippen LogP contribution in [-0.2, 0) is 13.0 Å². The minimum absolute atomic E-state index is 0.0604. The summed E-state index contributed by atoms with van der Waals surface area (Å²) in [5.74, 6) is 0.899. The molecule has 5 rings (SSSR count). The van der Waals surface area contributed by atoms with E-state index in [-0.39, 0.29) is 12.0 Å². The molecule has 2 fully saturated rings. The van der Waals surface area contributed by atoms with Crippen LogP contribution in [0.1, 0.15) is 41.9 Å². The Balaban J connectivity index is 1.17. The van der Waals surface area contributed by atoms with Crippen molar-refractivity contribution in [2.75, 3.05) is 26.2 Å². The van der Waals surface area contributed by atoms with Crippen LogP contribution in [0.4, 0.5) is 0 Å². The Morgan fingerprint density at radius 2 is 1.82 bits per heavy atom. The minimum atomic E-state index is 0.0604. The van der Waals surface area contributed by atoms with Crippen LogP contribution in [0.3, 0.4) is 0 Å². The van der Waals surface area contributed by atoms with Crippen LogP contribution in [0.25, 0.3) is 0 Å². The molecule has 0 radical (unpaired) electrons. The fourth-order valence-electron chi connectivity index (χ4n) is 4.76. The maximum atomic E-state index is 12.9. The Hall–Kier alpha value is -2.41. The van der Waals surface area contributed by atoms with Gasteiger partial charge in [-0.15, -0.1) is 0 Å². The third-order valence-electron chi connectivity index (χ3n) is 6.26. The standard InChI is InChI=1S/C21H27N5O2/c27-21(25-11-5-16(6-12-25)24-9-1-2-10-24)20-14-17-13-19(15-26(17)23-20)28-18-3-7-22-8-4-18/h3-4,7-8,14,16,19H,1-2,5-6,9-13,15H2/t19-/m0/s1. The Morgan fingerprint density at radius 3 is 2.54 bits per heavy atom. The number of fused-ring (bicyclic) bond motifs is 1. The molecule has 0 saturated carbocycles. The zero-order chi connectivity index (χ0) is 18.9. The molecule has 0 bridgehead atoms. The van der Waals surface area contributed by atoms with E-state index in [0.717, 1.165) is 43.8 Å². The molecule has 2 saturated heterocycles. The summed E-state index contributed by atoms with van der Waals surface area (Å²) in [6, 6.07) is 6.33. The second kappa shape index (κ2) is 7.54. The number of pyridine rings is 1. The van der Waals surface area contributed by atoms with Gasteiger partial charge in [0.25, 0.3) is 5.91 Å². The number of carbonyl (C=O) groups is 1. The van der Waals surface area contributed by atoms with Gasteiger partial charge in [-0.25, -0.2) is 0 Å². The Morgan fingerprint density at radius 1 is 1.07 bits per heavy atom. The molecule has 28 heavy (non-hydrogen) atoms. The maximum absolute atomic E-state index is 12.9. The predicted octanol–water partition coefficient (Wildman–Crippen LogP) is 1.98. The average molecular weight is 381 g/mol. The lowest BCUT2D eigenvalue weighted by molar-refractivity contribution is 0.0637. The van der Waals surface area contributed by atoms with Crippen molar-refractivity contribution in [3.8, 4) is 5.75 Å². The molecule has 0 spiro atoms. The van der Waals surface area contributed by atoms with Crippen LogP contribution in [0, 0.1) is 0 Å². The second-order valence-corrected chi connectivity index (χ2v) is 8.10. The lowest BCUT2D eigenvalue weighted by Gasteiger charge is -2.36. The molecule has 5 heterocycles. The largest absolute Gasteiger partial charge is 0.488 e. The Bertz CT molecular complexity index is 799. The maximum Gasteiger partial charge on any atom is 0.274 e. The van der Waals surface area contributed by atoms with E-state index in [0.29, 0.717) is 18.3 Å². The number of ether oxygens (including phenoxy) is 1. The van der Waals surface area contributed by atoms with Crippen LogP contribution < -0.4 is 4.74 Å². The van der Waals surface area contributed by atoms with Crippen molar-refractivity contribution in [2.45, 2.75) is 50.8 Å². The first kappa shape index (κ1) is 17.7. The smallest absolute Gasteiger partial charge is 0.274 e. The highest BCUT2D eigenvalue weighted by atomic mass is 16.5. The van der Waals surface area contributed by atoms with Crippen LogP contribution in [-0.4, -0.2) is 68.8 Å². The van der Waals surface area contributed by atoms with E-state index in [1.54, 1.807) is 12.4 Å². The topological polar surface area (TPSA) is 63.5 Å². The van der Waals surface area contributed by atoms with Gasteiger partial charge in [-0.2, -0.15) is 5.10 Å². The van der Waals surface area contributed by atoms with Crippen LogP contribution in [0.2, 0.25) is 0 Å². The summed E-state index contributed by atoms with van der Waals surface area (Å²) < 4.78 is 7.92. The number of rotatable bonds is 4. The van der Waals surface area contributed by atoms with Crippen molar-refractivity contribution in [1.29, 1.82) is 0 Å². The molecule has 1 atom stereocenters. The highest BCUT2D eigenvalue weighted by Crippen LogP contribution is 2.24. The molecule has 0 unspecified atom stereocenters. The number of amides is 1. The number of piperidine rings is 1. The monoisotopic (exact) mass is 381 g/mol. The van der Waals surface area contributed by atoms with Crippen molar-refractivity contribution in [2.24, 2.45) is 0 Å². The summed E-state index contributed by atoms with van der Waals surface area (Å²) in [6.45, 7) is 4.83. The van der Waals surface area contributed by atoms with Gasteiger partial charge in [0.2, 0.25) is 0 Å². The highest BCUT2D eigenvalue weighted by molar-refractivity contribution is 5.92. The molecule has 7 heteroatoms. The number of hydrogen-bond donors (Lipinski definition) is 0. The molecule has 1 amide bonds. The molecular formula is C21H27N5O2. The number of nitrogens with zero attached hydrogens (tertiary/aromatic N) is 5. The summed E-state index contributed by atoms with van der Waals surface area (Å²) in [7, 11) is 0. The summed E-state index contributed by atoms with van der Waals surface area (Å²) in [5, 5.41) is 4.58. The third-order valence-corrected chi connectivity index (χ3v) is 6.26. The molecule has 3 aliphatic rings. The molecular weight excluding hydrogens is 354 g/mol. The van der Waals surface area contributed by atoms with Crippen molar-refractivity contribution < 1.29 is 9.53 Å². The molecule has 2 aromatic rings. The van der Waals surface area contributed by atoms with E-state index in [4.69, 9.17) is 4.74 Å². The van der Waals surface area contributed by atoms with Crippen molar-refractivity contribution >= 4 is 5.91 Å². The summed E-state index contributed by atoms with van der Waals surface area (Å²) in [4.78, 5) is 21.5. The van der Waals surface area contributed by atoms with Gasteiger partial charge in [0.1, 0.15) is 11.9 Å². The average Bonchev–Trinajstić information content (AvgIpc) is 3.45. The van der Waals surface area contributed by atoms with E-state index in [1.165, 1.54) is 25.9 Å². The number of hydrogen-bond acceptors (Lipinski definition) is 5. The van der Waals surface area contributed by atoms with E-state index in [2.05, 4.69) is 15.0 Å². The van der Waals surface area contributed by atoms with Gasteiger partial charge in [0, 0.05) is 43.6 Å². The van der Waals surface area contributed by atoms with Crippen molar-refractivity contribution in [3.63, 3.8) is 0 Å². The van der Waals surface area contributed by atoms with Crippen molar-refractivity contribution in [3.05, 3.63) is 42.0 Å². The number of carbonyl (C=O) groups excluding carboxylic acids is 1. The zero-order valence-electron chi connectivity index (χ0n) is 16.2. The molecule has 2 aromatic heterocycles. The molecule has 7 nitrogen and oxygen atoms in total. The van der Waals surface area contributed by atoms with Crippen LogP contribution in [0.5, 0.6) is 5.75 Å². The van der Waals surface area contributed by atoms with Gasteiger partial charge in [-0.1, -0.05) is 0 Å². The third kappa shape index (κ3) is 3.51. The van der Waals surface area contributed by atoms with Gasteiger partial charge in [0.15, 0.2) is 5.69 Å². The van der Waals surface area contributed by atoms with Gasteiger partial charge >= 0.3 is 0 Å². The molecule has 148 valence electrons. The van der Waals surface area contributed by atoms with Crippen molar-refractivity contribution in [1.82, 2.24) is 24.6 Å². The van der Waals surface area contributed by atoms with Crippen LogP contribution >= 0.6 is 0 Å². The first-order valence-electron chi connectivity index (χ1n) is 10.4. The summed E-state index contributed by atoms with van der Waals surface area (Å²) >= 11 is 0. The Kier molecular flexibility index (Phi) is 4.76. The highest BCUT2D eigenvalue weighted by Gasteiger charge is 2.31. The SMILES string of the molecule is O=C(c1cc2n(n1)C[C@@H](Oc1ccncc1)C2)N1CCC(N2CCCC2)CC1. The summed E-state index contributed by atoms with van der Waals surface area (Å²) in [5.41, 5.74) is 1.66. The summed E-state index contributed by atoms with van der Waals surface area (Å²) in [6.07, 6.45) is 9.11. The lowest BCUT2D eigenvalue weighted by atomic mass is 10.0. The normalized spacial score (nSPS) is 23.1. The molecule has 0 aromatic carbocycles. The van der Waals surface area contributed by atoms with Crippen LogP contribution in [0.15, 0.2) is 30.6 Å². The first-order valence-corrected chi connectivity index (χ1v) is 10.4. The Labute approximate surface area is 165 Å². The van der Waals surface area contributed by atoms with Gasteiger partial charge in [-0.05, 0) is 57.0 Å². The van der Waals surface area contributed by atoms with Gasteiger partial charge in [0.05, 0.1) is 6.54 Å². The van der Waals surface area contributed by atoms with Gasteiger partial charge in [-0.3, -0.25) is 14.5 Å². The first-order chi connectivity index (χ1) is 13.8. The fourth-order valence-corrected chi connectivity index (χ4v) is 4.76. The fraction of sp³-hybridized carbons (Fsp3) is 0.571. The van der Waals surface area contributed by atoms with E-state index in [9.17, 15) is 4.79 Å². The molecule has 3 aliphatic heterocycles. The molecule has 0 aliphatic carbocycles. The van der Waals surface area contributed by atoms with E-state index >= 15 is 0 Å². The zero-order valence-corrected chi connectivity index (χ0v) is 16.2. The number of aromatic nitrogens is 3. The predicted molar refractivity (Wildman–Crippen MR) is 104 cm³/mol. The second-order valence-electron chi connectivity index (χ2n) is 8.10. The molecule has 0 N–H and O–H groups in total. The van der Waals surface area contributed by atoms with E-state index in [1.807, 2.05) is 27.8 Å². The van der Waals surface area contributed by atoms with Gasteiger partial charge < -0.3 is 14.5 Å². The minimum Gasteiger partial charge on any atom is -0.488 e.